The second-order valence-electron chi connectivity index (χ2n) is 7.65. The molecule has 3 aromatic rings. The minimum absolute atomic E-state index is 0.108. The first-order chi connectivity index (χ1) is 17.0. The first-order valence-corrected chi connectivity index (χ1v) is 9.67. The molecule has 4 rings (SSSR count). The van der Waals surface area contributed by atoms with Crippen LogP contribution in [-0.2, 0) is 22.8 Å². The van der Waals surface area contributed by atoms with E-state index in [0.29, 0.717) is 0 Å². The zero-order chi connectivity index (χ0) is 27.4. The van der Waals surface area contributed by atoms with Gasteiger partial charge in [0.2, 0.25) is 5.82 Å². The second kappa shape index (κ2) is 8.41. The van der Waals surface area contributed by atoms with Gasteiger partial charge in [-0.3, -0.25) is 10.1 Å². The number of nitrogens with one attached hydrogen (secondary N) is 1. The molecule has 0 radical (unpaired) electrons. The topological polar surface area (TPSA) is 119 Å². The molecule has 1 aliphatic heterocycles. The number of alkyl halides is 9. The highest BCUT2D eigenvalue weighted by atomic mass is 19.4. The first-order valence-electron chi connectivity index (χ1n) is 9.67. The van der Waals surface area contributed by atoms with Gasteiger partial charge in [0.1, 0.15) is 5.56 Å². The van der Waals surface area contributed by atoms with Gasteiger partial charge in [-0.05, 0) is 29.5 Å². The molecule has 0 aliphatic carbocycles. The van der Waals surface area contributed by atoms with Gasteiger partial charge < -0.3 is 4.84 Å². The molecule has 18 heteroatoms. The van der Waals surface area contributed by atoms with Crippen molar-refractivity contribution in [2.75, 3.05) is 0 Å². The summed E-state index contributed by atoms with van der Waals surface area (Å²) in [5, 5.41) is 27.2. The van der Waals surface area contributed by atoms with Crippen LogP contribution in [0.1, 0.15) is 28.7 Å². The molecule has 0 spiro atoms. The Labute approximate surface area is 198 Å². The summed E-state index contributed by atoms with van der Waals surface area (Å²) < 4.78 is 122. The van der Waals surface area contributed by atoms with Crippen molar-refractivity contribution in [3.05, 3.63) is 68.8 Å². The van der Waals surface area contributed by atoms with E-state index in [4.69, 9.17) is 0 Å². The highest BCUT2D eigenvalue weighted by molar-refractivity contribution is 6.03. The standard InChI is InChI=1S/C19H9F9N6O3/c20-17(21,22)10-4-9(5-11(6-10)18(23,24)25)16(19(26,27)28)7-13(31-37-16)8-1-2-12(14(3-8)34(35)36)15-29-32-33-30-15/h1-6H,7H2,(H,29,30,32,33). The van der Waals surface area contributed by atoms with Crippen molar-refractivity contribution in [3.8, 4) is 11.4 Å². The number of oxime groups is 1. The number of H-pyrrole nitrogens is 1. The van der Waals surface area contributed by atoms with Crippen LogP contribution in [0, 0.1) is 10.1 Å². The third kappa shape index (κ3) is 4.65. The van der Waals surface area contributed by atoms with Crippen LogP contribution in [0.3, 0.4) is 0 Å². The predicted molar refractivity (Wildman–Crippen MR) is 103 cm³/mol. The van der Waals surface area contributed by atoms with Crippen molar-refractivity contribution in [3.63, 3.8) is 0 Å². The van der Waals surface area contributed by atoms with E-state index in [9.17, 15) is 49.6 Å². The fraction of sp³-hybridized carbons (Fsp3) is 0.263. The molecule has 1 aromatic heterocycles. The van der Waals surface area contributed by atoms with Gasteiger partial charge >= 0.3 is 18.5 Å². The molecule has 1 unspecified atom stereocenters. The van der Waals surface area contributed by atoms with E-state index >= 15 is 0 Å². The lowest BCUT2D eigenvalue weighted by atomic mass is 9.84. The Morgan fingerprint density at radius 2 is 1.57 bits per heavy atom. The quantitative estimate of drug-likeness (QED) is 0.269. The molecule has 0 saturated heterocycles. The SMILES string of the molecule is O=[N+]([O-])c1cc(C2=NOC(c3cc(C(F)(F)F)cc(C(F)(F)F)c3)(C(F)(F)F)C2)ccc1-c1nn[nH]n1. The van der Waals surface area contributed by atoms with Gasteiger partial charge in [-0.15, -0.1) is 10.2 Å². The van der Waals surface area contributed by atoms with E-state index in [2.05, 4.69) is 30.6 Å². The normalized spacial score (nSPS) is 18.5. The van der Waals surface area contributed by atoms with Crippen LogP contribution in [0.15, 0.2) is 41.6 Å². The Kier molecular flexibility index (Phi) is 5.87. The van der Waals surface area contributed by atoms with Gasteiger partial charge in [-0.1, -0.05) is 11.2 Å². The number of aromatic nitrogens is 4. The highest BCUT2D eigenvalue weighted by Gasteiger charge is 2.63. The Hall–Kier alpha value is -4.25. The predicted octanol–water partition coefficient (Wildman–Crippen LogP) is 5.39. The Balaban J connectivity index is 1.82. The minimum atomic E-state index is -5.55. The molecule has 37 heavy (non-hydrogen) atoms. The zero-order valence-corrected chi connectivity index (χ0v) is 17.5. The van der Waals surface area contributed by atoms with Crippen LogP contribution in [0.2, 0.25) is 0 Å². The summed E-state index contributed by atoms with van der Waals surface area (Å²) >= 11 is 0. The van der Waals surface area contributed by atoms with Crippen molar-refractivity contribution < 1.29 is 49.3 Å². The molecule has 1 N–H and O–H groups in total. The molecule has 0 fully saturated rings. The molecular formula is C19H9F9N6O3. The molecule has 196 valence electrons. The van der Waals surface area contributed by atoms with Crippen molar-refractivity contribution in [1.82, 2.24) is 20.6 Å². The highest BCUT2D eigenvalue weighted by Crippen LogP contribution is 2.51. The lowest BCUT2D eigenvalue weighted by Gasteiger charge is -2.30. The lowest BCUT2D eigenvalue weighted by Crippen LogP contribution is -2.43. The maximum Gasteiger partial charge on any atom is 0.435 e. The van der Waals surface area contributed by atoms with Gasteiger partial charge in [0, 0.05) is 23.6 Å². The zero-order valence-electron chi connectivity index (χ0n) is 17.5. The molecular weight excluding hydrogens is 531 g/mol. The van der Waals surface area contributed by atoms with Crippen LogP contribution in [-0.4, -0.2) is 37.4 Å². The molecule has 9 nitrogen and oxygen atoms in total. The molecule has 2 heterocycles. The van der Waals surface area contributed by atoms with E-state index in [1.165, 1.54) is 0 Å². The molecule has 1 atom stereocenters. The van der Waals surface area contributed by atoms with Crippen LogP contribution in [0.5, 0.6) is 0 Å². The Bertz CT molecular complexity index is 1350. The number of benzene rings is 2. The third-order valence-corrected chi connectivity index (χ3v) is 5.35. The molecule has 0 amide bonds. The Morgan fingerprint density at radius 3 is 2.05 bits per heavy atom. The third-order valence-electron chi connectivity index (χ3n) is 5.35. The fourth-order valence-corrected chi connectivity index (χ4v) is 3.57. The van der Waals surface area contributed by atoms with Crippen molar-refractivity contribution in [2.45, 2.75) is 30.6 Å². The number of hydrogen-bond donors (Lipinski definition) is 1. The largest absolute Gasteiger partial charge is 0.435 e. The van der Waals surface area contributed by atoms with Gasteiger partial charge in [-0.25, -0.2) is 0 Å². The molecule has 2 aromatic carbocycles. The van der Waals surface area contributed by atoms with Crippen molar-refractivity contribution in [2.24, 2.45) is 5.16 Å². The summed E-state index contributed by atoms with van der Waals surface area (Å²) in [6.45, 7) is 0. The lowest BCUT2D eigenvalue weighted by molar-refractivity contribution is -0.384. The summed E-state index contributed by atoms with van der Waals surface area (Å²) in [5.74, 6) is -0.226. The summed E-state index contributed by atoms with van der Waals surface area (Å²) in [7, 11) is 0. The van der Waals surface area contributed by atoms with Crippen LogP contribution in [0.4, 0.5) is 45.2 Å². The van der Waals surface area contributed by atoms with Gasteiger partial charge in [0.15, 0.2) is 0 Å². The number of aromatic amines is 1. The maximum atomic E-state index is 14.2. The Morgan fingerprint density at radius 1 is 0.946 bits per heavy atom. The number of hydrogen-bond acceptors (Lipinski definition) is 7. The van der Waals surface area contributed by atoms with Gasteiger partial charge in [-0.2, -0.15) is 44.7 Å². The number of nitro benzene ring substituents is 1. The number of tetrazole rings is 1. The molecule has 0 saturated carbocycles. The summed E-state index contributed by atoms with van der Waals surface area (Å²) in [6, 6.07) is 2.37. The number of nitro groups is 1. The molecule has 0 bridgehead atoms. The van der Waals surface area contributed by atoms with Crippen LogP contribution in [0.25, 0.3) is 11.4 Å². The van der Waals surface area contributed by atoms with Crippen LogP contribution < -0.4 is 0 Å². The van der Waals surface area contributed by atoms with Crippen molar-refractivity contribution >= 4 is 11.4 Å². The summed E-state index contributed by atoms with van der Waals surface area (Å²) in [4.78, 5) is 15.1. The van der Waals surface area contributed by atoms with E-state index in [0.717, 1.165) is 18.2 Å². The number of halogens is 9. The van der Waals surface area contributed by atoms with Gasteiger partial charge in [0.05, 0.1) is 21.8 Å². The summed E-state index contributed by atoms with van der Waals surface area (Å²) in [5.41, 5.74) is -11.0. The van der Waals surface area contributed by atoms with Gasteiger partial charge in [0.25, 0.3) is 11.3 Å². The fourth-order valence-electron chi connectivity index (χ4n) is 3.57. The average Bonchev–Trinajstić information content (AvgIpc) is 3.48. The number of rotatable bonds is 4. The van der Waals surface area contributed by atoms with Crippen LogP contribution >= 0.6 is 0 Å². The van der Waals surface area contributed by atoms with E-state index in [1.54, 1.807) is 0 Å². The first kappa shape index (κ1) is 25.8. The van der Waals surface area contributed by atoms with E-state index < -0.39 is 63.6 Å². The average molecular weight is 540 g/mol. The summed E-state index contributed by atoms with van der Waals surface area (Å²) in [6.07, 6.45) is -17.8. The minimum Gasteiger partial charge on any atom is -0.374 e. The smallest absolute Gasteiger partial charge is 0.374 e. The maximum absolute atomic E-state index is 14.2. The second-order valence-corrected chi connectivity index (χ2v) is 7.65. The van der Waals surface area contributed by atoms with E-state index in [-0.39, 0.29) is 35.2 Å². The van der Waals surface area contributed by atoms with E-state index in [1.807, 2.05) is 0 Å². The monoisotopic (exact) mass is 540 g/mol. The number of nitrogens with zero attached hydrogens (tertiary/aromatic N) is 5. The molecule has 1 aliphatic rings. The van der Waals surface area contributed by atoms with Crippen molar-refractivity contribution in [1.29, 1.82) is 0 Å².